The van der Waals surface area contributed by atoms with E-state index in [1.54, 1.807) is 19.2 Å². The fourth-order valence-electron chi connectivity index (χ4n) is 1.69. The number of methoxy groups -OCH3 is 1. The summed E-state index contributed by atoms with van der Waals surface area (Å²) in [6.07, 6.45) is 3.81. The second kappa shape index (κ2) is 3.76. The number of H-pyrrole nitrogens is 1. The molecule has 0 spiro atoms. The van der Waals surface area contributed by atoms with E-state index in [0.717, 1.165) is 12.8 Å². The molecule has 0 bridgehead atoms. The van der Waals surface area contributed by atoms with E-state index in [9.17, 15) is 4.79 Å². The van der Waals surface area contributed by atoms with Crippen LogP contribution in [-0.2, 0) is 0 Å². The molecule has 5 heteroatoms. The van der Waals surface area contributed by atoms with Crippen LogP contribution >= 0.6 is 0 Å². The standard InChI is InChI=1S/C12H12N2O3/c1-16-10-4-8-9(13-6-14-12(8)15)5-11(10)17-7-2-3-7/h4-7H,2-3H2,1H3,(H,13,14,15). The summed E-state index contributed by atoms with van der Waals surface area (Å²) in [6, 6.07) is 3.42. The maximum atomic E-state index is 11.6. The van der Waals surface area contributed by atoms with Gasteiger partial charge in [-0.1, -0.05) is 0 Å². The van der Waals surface area contributed by atoms with Crippen LogP contribution in [0.5, 0.6) is 11.5 Å². The highest BCUT2D eigenvalue weighted by Gasteiger charge is 2.25. The average molecular weight is 232 g/mol. The number of aromatic nitrogens is 2. The molecule has 1 aliphatic carbocycles. The SMILES string of the molecule is COc1cc2c(=O)[nH]cnc2cc1OC1CC1. The molecule has 1 heterocycles. The lowest BCUT2D eigenvalue weighted by Gasteiger charge is -2.10. The van der Waals surface area contributed by atoms with Gasteiger partial charge in [-0.05, 0) is 18.9 Å². The van der Waals surface area contributed by atoms with Crippen LogP contribution in [0.2, 0.25) is 0 Å². The van der Waals surface area contributed by atoms with Crippen molar-refractivity contribution in [2.24, 2.45) is 0 Å². The minimum atomic E-state index is -0.175. The summed E-state index contributed by atoms with van der Waals surface area (Å²) in [7, 11) is 1.56. The third-order valence-corrected chi connectivity index (χ3v) is 2.74. The van der Waals surface area contributed by atoms with Crippen LogP contribution < -0.4 is 15.0 Å². The van der Waals surface area contributed by atoms with E-state index in [1.807, 2.05) is 0 Å². The first-order valence-electron chi connectivity index (χ1n) is 5.50. The van der Waals surface area contributed by atoms with Gasteiger partial charge in [-0.15, -0.1) is 0 Å². The topological polar surface area (TPSA) is 64.2 Å². The lowest BCUT2D eigenvalue weighted by atomic mass is 10.2. The summed E-state index contributed by atoms with van der Waals surface area (Å²) < 4.78 is 10.9. The summed E-state index contributed by atoms with van der Waals surface area (Å²) in [6.45, 7) is 0. The molecule has 0 aliphatic heterocycles. The molecule has 1 fully saturated rings. The summed E-state index contributed by atoms with van der Waals surface area (Å²) in [5, 5.41) is 0.507. The largest absolute Gasteiger partial charge is 0.493 e. The number of nitrogens with zero attached hydrogens (tertiary/aromatic N) is 1. The minimum Gasteiger partial charge on any atom is -0.493 e. The van der Waals surface area contributed by atoms with Gasteiger partial charge in [0.25, 0.3) is 5.56 Å². The molecule has 1 saturated carbocycles. The Morgan fingerprint density at radius 3 is 2.88 bits per heavy atom. The van der Waals surface area contributed by atoms with Gasteiger partial charge >= 0.3 is 0 Å². The molecule has 0 unspecified atom stereocenters. The van der Waals surface area contributed by atoms with Gasteiger partial charge in [0.2, 0.25) is 0 Å². The Labute approximate surface area is 97.4 Å². The highest BCUT2D eigenvalue weighted by molar-refractivity contribution is 5.81. The van der Waals surface area contributed by atoms with Crippen LogP contribution in [0.25, 0.3) is 10.9 Å². The second-order valence-corrected chi connectivity index (χ2v) is 4.07. The van der Waals surface area contributed by atoms with Crippen molar-refractivity contribution < 1.29 is 9.47 Å². The molecule has 3 rings (SSSR count). The first-order chi connectivity index (χ1) is 8.28. The number of rotatable bonds is 3. The van der Waals surface area contributed by atoms with E-state index >= 15 is 0 Å². The minimum absolute atomic E-state index is 0.175. The molecule has 17 heavy (non-hydrogen) atoms. The zero-order chi connectivity index (χ0) is 11.8. The van der Waals surface area contributed by atoms with Gasteiger partial charge in [0, 0.05) is 6.07 Å². The van der Waals surface area contributed by atoms with Gasteiger partial charge in [0.05, 0.1) is 30.4 Å². The van der Waals surface area contributed by atoms with Gasteiger partial charge < -0.3 is 14.5 Å². The van der Waals surface area contributed by atoms with Crippen LogP contribution in [0.1, 0.15) is 12.8 Å². The van der Waals surface area contributed by atoms with Gasteiger partial charge in [-0.25, -0.2) is 4.98 Å². The number of hydrogen-bond acceptors (Lipinski definition) is 4. The van der Waals surface area contributed by atoms with Gasteiger partial charge in [0.1, 0.15) is 0 Å². The zero-order valence-electron chi connectivity index (χ0n) is 9.40. The number of hydrogen-bond donors (Lipinski definition) is 1. The fourth-order valence-corrected chi connectivity index (χ4v) is 1.69. The Balaban J connectivity index is 2.17. The van der Waals surface area contributed by atoms with E-state index < -0.39 is 0 Å². The van der Waals surface area contributed by atoms with Crippen LogP contribution in [0.4, 0.5) is 0 Å². The summed E-state index contributed by atoms with van der Waals surface area (Å²) in [5.74, 6) is 1.23. The van der Waals surface area contributed by atoms with Gasteiger partial charge in [-0.2, -0.15) is 0 Å². The molecular weight excluding hydrogens is 220 g/mol. The Kier molecular flexibility index (Phi) is 2.24. The van der Waals surface area contributed by atoms with Crippen LogP contribution in [0, 0.1) is 0 Å². The molecule has 0 saturated heterocycles. The first kappa shape index (κ1) is 10.1. The van der Waals surface area contributed by atoms with E-state index in [2.05, 4.69) is 9.97 Å². The Bertz CT molecular complexity index is 617. The smallest absolute Gasteiger partial charge is 0.258 e. The number of nitrogens with one attached hydrogen (secondary N) is 1. The Hall–Kier alpha value is -2.04. The molecular formula is C12H12N2O3. The van der Waals surface area contributed by atoms with Crippen molar-refractivity contribution in [3.63, 3.8) is 0 Å². The van der Waals surface area contributed by atoms with Crippen molar-refractivity contribution in [1.29, 1.82) is 0 Å². The number of benzene rings is 1. The summed E-state index contributed by atoms with van der Waals surface area (Å²) >= 11 is 0. The van der Waals surface area contributed by atoms with E-state index in [1.165, 1.54) is 6.33 Å². The van der Waals surface area contributed by atoms with Crippen molar-refractivity contribution in [3.8, 4) is 11.5 Å². The van der Waals surface area contributed by atoms with Crippen LogP contribution in [0.15, 0.2) is 23.3 Å². The monoisotopic (exact) mass is 232 g/mol. The number of ether oxygens (including phenoxy) is 2. The molecule has 1 aromatic heterocycles. The van der Waals surface area contributed by atoms with E-state index in [4.69, 9.17) is 9.47 Å². The zero-order valence-corrected chi connectivity index (χ0v) is 9.40. The van der Waals surface area contributed by atoms with Crippen LogP contribution in [-0.4, -0.2) is 23.2 Å². The second-order valence-electron chi connectivity index (χ2n) is 4.07. The molecule has 1 aliphatic rings. The third kappa shape index (κ3) is 1.84. The van der Waals surface area contributed by atoms with Crippen molar-refractivity contribution in [3.05, 3.63) is 28.8 Å². The molecule has 5 nitrogen and oxygen atoms in total. The molecule has 0 radical (unpaired) electrons. The number of fused-ring (bicyclic) bond motifs is 1. The maximum absolute atomic E-state index is 11.6. The Morgan fingerprint density at radius 1 is 1.35 bits per heavy atom. The van der Waals surface area contributed by atoms with Crippen molar-refractivity contribution >= 4 is 10.9 Å². The van der Waals surface area contributed by atoms with E-state index in [-0.39, 0.29) is 11.7 Å². The molecule has 1 aromatic carbocycles. The first-order valence-corrected chi connectivity index (χ1v) is 5.50. The molecule has 2 aromatic rings. The predicted octanol–water partition coefficient (Wildman–Crippen LogP) is 1.47. The summed E-state index contributed by atoms with van der Waals surface area (Å²) in [4.78, 5) is 18.3. The van der Waals surface area contributed by atoms with Gasteiger partial charge in [0.15, 0.2) is 11.5 Å². The average Bonchev–Trinajstić information content (AvgIpc) is 3.13. The fraction of sp³-hybridized carbons (Fsp3) is 0.333. The lowest BCUT2D eigenvalue weighted by Crippen LogP contribution is -2.07. The molecule has 0 atom stereocenters. The van der Waals surface area contributed by atoms with Crippen molar-refractivity contribution in [2.75, 3.05) is 7.11 Å². The molecule has 1 N–H and O–H groups in total. The Morgan fingerprint density at radius 2 is 2.18 bits per heavy atom. The maximum Gasteiger partial charge on any atom is 0.258 e. The third-order valence-electron chi connectivity index (χ3n) is 2.74. The van der Waals surface area contributed by atoms with Crippen molar-refractivity contribution in [1.82, 2.24) is 9.97 Å². The summed E-state index contributed by atoms with van der Waals surface area (Å²) in [5.41, 5.74) is 0.441. The number of aromatic amines is 1. The van der Waals surface area contributed by atoms with E-state index in [0.29, 0.717) is 22.4 Å². The highest BCUT2D eigenvalue weighted by Crippen LogP contribution is 2.35. The molecule has 88 valence electrons. The lowest BCUT2D eigenvalue weighted by molar-refractivity contribution is 0.282. The quantitative estimate of drug-likeness (QED) is 0.870. The highest BCUT2D eigenvalue weighted by atomic mass is 16.5. The predicted molar refractivity (Wildman–Crippen MR) is 62.6 cm³/mol. The molecule has 0 amide bonds. The van der Waals surface area contributed by atoms with Gasteiger partial charge in [-0.3, -0.25) is 4.79 Å². The van der Waals surface area contributed by atoms with Crippen LogP contribution in [0.3, 0.4) is 0 Å². The normalized spacial score (nSPS) is 14.9. The van der Waals surface area contributed by atoms with Crippen molar-refractivity contribution in [2.45, 2.75) is 18.9 Å².